The summed E-state index contributed by atoms with van der Waals surface area (Å²) in [5.41, 5.74) is 1.20. The zero-order valence-electron chi connectivity index (χ0n) is 16.3. The van der Waals surface area contributed by atoms with E-state index in [-0.39, 0.29) is 6.61 Å². The Morgan fingerprint density at radius 2 is 1.85 bits per heavy atom. The second-order valence-corrected chi connectivity index (χ2v) is 8.50. The molecule has 0 spiro atoms. The Labute approximate surface area is 163 Å². The normalized spacial score (nSPS) is 24.4. The first kappa shape index (κ1) is 20.1. The predicted octanol–water partition coefficient (Wildman–Crippen LogP) is 3.08. The molecule has 146 valence electrons. The van der Waals surface area contributed by atoms with E-state index in [0.29, 0.717) is 18.1 Å². The zero-order chi connectivity index (χ0) is 18.5. The number of likely N-dealkylation sites (tertiary alicyclic amines) is 1. The lowest BCUT2D eigenvalue weighted by Gasteiger charge is -2.48. The van der Waals surface area contributed by atoms with E-state index in [2.05, 4.69) is 40.7 Å². The minimum Gasteiger partial charge on any atom is -0.396 e. The van der Waals surface area contributed by atoms with Gasteiger partial charge in [-0.1, -0.05) is 29.8 Å². The molecule has 0 unspecified atom stereocenters. The van der Waals surface area contributed by atoms with Crippen molar-refractivity contribution in [1.82, 2.24) is 14.7 Å². The molecule has 2 aliphatic heterocycles. The lowest BCUT2D eigenvalue weighted by Crippen LogP contribution is -2.58. The molecule has 4 nitrogen and oxygen atoms in total. The van der Waals surface area contributed by atoms with Gasteiger partial charge in [0.1, 0.15) is 0 Å². The Morgan fingerprint density at radius 3 is 2.50 bits per heavy atom. The molecule has 0 radical (unpaired) electrons. The highest BCUT2D eigenvalue weighted by molar-refractivity contribution is 6.31. The Morgan fingerprint density at radius 1 is 1.12 bits per heavy atom. The van der Waals surface area contributed by atoms with Crippen LogP contribution in [0.25, 0.3) is 0 Å². The third-order valence-corrected chi connectivity index (χ3v) is 6.49. The maximum absolute atomic E-state index is 9.60. The highest BCUT2D eigenvalue weighted by Gasteiger charge is 2.33. The van der Waals surface area contributed by atoms with Gasteiger partial charge >= 0.3 is 0 Å². The Kier molecular flexibility index (Phi) is 7.35. The van der Waals surface area contributed by atoms with Crippen molar-refractivity contribution < 1.29 is 5.11 Å². The summed E-state index contributed by atoms with van der Waals surface area (Å²) in [6.07, 6.45) is 3.37. The molecule has 0 aliphatic carbocycles. The van der Waals surface area contributed by atoms with Crippen molar-refractivity contribution in [1.29, 1.82) is 0 Å². The van der Waals surface area contributed by atoms with Gasteiger partial charge in [0, 0.05) is 55.9 Å². The maximum atomic E-state index is 9.60. The highest BCUT2D eigenvalue weighted by atomic mass is 35.5. The number of piperidine rings is 1. The van der Waals surface area contributed by atoms with Crippen LogP contribution < -0.4 is 0 Å². The number of hydrogen-bond donors (Lipinski definition) is 1. The van der Waals surface area contributed by atoms with Crippen molar-refractivity contribution in [3.63, 3.8) is 0 Å². The van der Waals surface area contributed by atoms with Crippen molar-refractivity contribution in [2.75, 3.05) is 39.3 Å². The predicted molar refractivity (Wildman–Crippen MR) is 109 cm³/mol. The smallest absolute Gasteiger partial charge is 0.0451 e. The summed E-state index contributed by atoms with van der Waals surface area (Å²) >= 11 is 6.35. The molecular formula is C21H34ClN3O. The molecule has 1 atom stereocenters. The fraction of sp³-hybridized carbons (Fsp3) is 0.714. The molecule has 0 bridgehead atoms. The van der Waals surface area contributed by atoms with Crippen LogP contribution in [0.2, 0.25) is 5.02 Å². The fourth-order valence-electron chi connectivity index (χ4n) is 4.57. The Bertz CT molecular complexity index is 560. The van der Waals surface area contributed by atoms with E-state index in [1.807, 2.05) is 12.1 Å². The van der Waals surface area contributed by atoms with Crippen molar-refractivity contribution >= 4 is 11.6 Å². The summed E-state index contributed by atoms with van der Waals surface area (Å²) < 4.78 is 0. The molecule has 2 heterocycles. The number of aliphatic hydroxyl groups excluding tert-OH is 1. The third kappa shape index (κ3) is 4.99. The maximum Gasteiger partial charge on any atom is 0.0451 e. The molecule has 2 fully saturated rings. The van der Waals surface area contributed by atoms with Gasteiger partial charge in [-0.15, -0.1) is 0 Å². The molecule has 0 saturated carbocycles. The minimum atomic E-state index is 0.270. The van der Waals surface area contributed by atoms with Crippen molar-refractivity contribution in [2.24, 2.45) is 0 Å². The van der Waals surface area contributed by atoms with Crippen LogP contribution in [0.1, 0.15) is 38.7 Å². The number of aliphatic hydroxyl groups is 1. The standard InChI is InChI=1S/C21H34ClN3O/c1-17(2)24-10-7-19(8-11-24)25-13-12-23(16-20(25)9-14-26)15-18-5-3-4-6-21(18)22/h3-6,17,19-20,26H,7-16H2,1-2H3/t20-/m0/s1. The van der Waals surface area contributed by atoms with E-state index in [1.165, 1.54) is 31.5 Å². The average molecular weight is 380 g/mol. The van der Waals surface area contributed by atoms with Crippen LogP contribution in [0.15, 0.2) is 24.3 Å². The van der Waals surface area contributed by atoms with Crippen LogP contribution in [0.4, 0.5) is 0 Å². The number of halogens is 1. The third-order valence-electron chi connectivity index (χ3n) is 6.12. The Hall–Kier alpha value is -0.650. The first-order valence-electron chi connectivity index (χ1n) is 10.1. The fourth-order valence-corrected chi connectivity index (χ4v) is 4.76. The number of rotatable bonds is 6. The van der Waals surface area contributed by atoms with E-state index in [9.17, 15) is 5.11 Å². The van der Waals surface area contributed by atoms with Gasteiger partial charge < -0.3 is 10.0 Å². The average Bonchev–Trinajstić information content (AvgIpc) is 2.64. The molecule has 26 heavy (non-hydrogen) atoms. The van der Waals surface area contributed by atoms with Crippen LogP contribution >= 0.6 is 11.6 Å². The molecule has 1 N–H and O–H groups in total. The van der Waals surface area contributed by atoms with Crippen LogP contribution in [-0.4, -0.2) is 77.3 Å². The van der Waals surface area contributed by atoms with Gasteiger partial charge in [0.15, 0.2) is 0 Å². The summed E-state index contributed by atoms with van der Waals surface area (Å²) in [6.45, 7) is 11.4. The van der Waals surface area contributed by atoms with Gasteiger partial charge in [-0.3, -0.25) is 9.80 Å². The minimum absolute atomic E-state index is 0.270. The van der Waals surface area contributed by atoms with Gasteiger partial charge in [0.05, 0.1) is 0 Å². The first-order valence-corrected chi connectivity index (χ1v) is 10.5. The van der Waals surface area contributed by atoms with Crippen molar-refractivity contribution in [3.8, 4) is 0 Å². The van der Waals surface area contributed by atoms with Crippen LogP contribution in [0, 0.1) is 0 Å². The summed E-state index contributed by atoms with van der Waals surface area (Å²) in [5, 5.41) is 10.5. The molecule has 2 aliphatic rings. The van der Waals surface area contributed by atoms with E-state index >= 15 is 0 Å². The quantitative estimate of drug-likeness (QED) is 0.822. The van der Waals surface area contributed by atoms with E-state index in [1.54, 1.807) is 0 Å². The monoisotopic (exact) mass is 379 g/mol. The van der Waals surface area contributed by atoms with Crippen LogP contribution in [0.5, 0.6) is 0 Å². The van der Waals surface area contributed by atoms with E-state index in [0.717, 1.165) is 37.6 Å². The van der Waals surface area contributed by atoms with Crippen LogP contribution in [0.3, 0.4) is 0 Å². The van der Waals surface area contributed by atoms with Gasteiger partial charge in [-0.05, 0) is 57.8 Å². The largest absolute Gasteiger partial charge is 0.396 e. The van der Waals surface area contributed by atoms with Crippen molar-refractivity contribution in [2.45, 2.75) is 57.8 Å². The van der Waals surface area contributed by atoms with Crippen LogP contribution in [-0.2, 0) is 6.54 Å². The SMILES string of the molecule is CC(C)N1CCC(N2CCN(Cc3ccccc3Cl)C[C@@H]2CCO)CC1. The molecule has 0 amide bonds. The molecule has 0 aromatic heterocycles. The van der Waals surface area contributed by atoms with Gasteiger partial charge in [0.2, 0.25) is 0 Å². The summed E-state index contributed by atoms with van der Waals surface area (Å²) in [4.78, 5) is 7.78. The summed E-state index contributed by atoms with van der Waals surface area (Å²) in [6, 6.07) is 9.91. The summed E-state index contributed by atoms with van der Waals surface area (Å²) in [7, 11) is 0. The van der Waals surface area contributed by atoms with E-state index < -0.39 is 0 Å². The Balaban J connectivity index is 1.59. The molecule has 3 rings (SSSR count). The van der Waals surface area contributed by atoms with Gasteiger partial charge in [-0.25, -0.2) is 0 Å². The lowest BCUT2D eigenvalue weighted by molar-refractivity contribution is -0.0000232. The van der Waals surface area contributed by atoms with E-state index in [4.69, 9.17) is 11.6 Å². The molecule has 1 aromatic carbocycles. The number of piperazine rings is 1. The molecule has 5 heteroatoms. The molecular weight excluding hydrogens is 346 g/mol. The van der Waals surface area contributed by atoms with Crippen molar-refractivity contribution in [3.05, 3.63) is 34.9 Å². The van der Waals surface area contributed by atoms with Gasteiger partial charge in [-0.2, -0.15) is 0 Å². The highest BCUT2D eigenvalue weighted by Crippen LogP contribution is 2.26. The lowest BCUT2D eigenvalue weighted by atomic mass is 9.97. The molecule has 1 aromatic rings. The topological polar surface area (TPSA) is 30.0 Å². The number of nitrogens with zero attached hydrogens (tertiary/aromatic N) is 3. The first-order chi connectivity index (χ1) is 12.6. The van der Waals surface area contributed by atoms with Gasteiger partial charge in [0.25, 0.3) is 0 Å². The zero-order valence-corrected chi connectivity index (χ0v) is 17.0. The second-order valence-electron chi connectivity index (χ2n) is 8.09. The number of benzene rings is 1. The molecule has 2 saturated heterocycles. The summed E-state index contributed by atoms with van der Waals surface area (Å²) in [5.74, 6) is 0. The second kappa shape index (κ2) is 9.52. The number of hydrogen-bond acceptors (Lipinski definition) is 4.